The van der Waals surface area contributed by atoms with E-state index in [2.05, 4.69) is 19.9 Å². The normalized spacial score (nSPS) is 24.7. The van der Waals surface area contributed by atoms with Gasteiger partial charge in [-0.1, -0.05) is 97.7 Å². The summed E-state index contributed by atoms with van der Waals surface area (Å²) in [6, 6.07) is 0. The fraction of sp³-hybridized carbons (Fsp3) is 0.628. The maximum atomic E-state index is 12.9. The van der Waals surface area contributed by atoms with E-state index < -0.39 is 36.5 Å². The lowest BCUT2D eigenvalue weighted by Crippen LogP contribution is -2.27. The van der Waals surface area contributed by atoms with Crippen LogP contribution in [0.25, 0.3) is 0 Å². The molecule has 9 nitrogen and oxygen atoms in total. The van der Waals surface area contributed by atoms with Gasteiger partial charge in [0.1, 0.15) is 12.2 Å². The molecule has 0 spiro atoms. The Balaban J connectivity index is 2.79. The van der Waals surface area contributed by atoms with Crippen LogP contribution in [0.2, 0.25) is 0 Å². The van der Waals surface area contributed by atoms with Gasteiger partial charge in [-0.25, -0.2) is 4.79 Å². The van der Waals surface area contributed by atoms with Gasteiger partial charge in [0.05, 0.1) is 30.5 Å². The van der Waals surface area contributed by atoms with Gasteiger partial charge in [0.15, 0.2) is 0 Å². The zero-order valence-electron chi connectivity index (χ0n) is 33.1. The zero-order chi connectivity index (χ0) is 39.4. The number of aliphatic hydroxyl groups excluding tert-OH is 5. The zero-order valence-corrected chi connectivity index (χ0v) is 33.1. The van der Waals surface area contributed by atoms with E-state index in [9.17, 15) is 35.1 Å². The molecule has 1 aliphatic heterocycles. The number of allylic oxidation sites excluding steroid dienone is 10. The van der Waals surface area contributed by atoms with Crippen LogP contribution in [0.5, 0.6) is 0 Å². The number of carbonyl (C=O) groups excluding carboxylic acids is 2. The molecule has 0 amide bonds. The Hall–Kier alpha value is -3.08. The summed E-state index contributed by atoms with van der Waals surface area (Å²) in [6.07, 6.45) is 17.5. The van der Waals surface area contributed by atoms with Crippen molar-refractivity contribution in [2.75, 3.05) is 0 Å². The van der Waals surface area contributed by atoms with E-state index in [1.807, 2.05) is 71.1 Å². The highest BCUT2D eigenvalue weighted by atomic mass is 16.5. The van der Waals surface area contributed by atoms with Crippen molar-refractivity contribution >= 4 is 11.9 Å². The van der Waals surface area contributed by atoms with Gasteiger partial charge in [-0.15, -0.1) is 0 Å². The van der Waals surface area contributed by atoms with Crippen molar-refractivity contribution in [3.8, 4) is 0 Å². The van der Waals surface area contributed by atoms with Crippen LogP contribution in [0.3, 0.4) is 0 Å². The molecule has 0 saturated carbocycles. The molecule has 9 heteroatoms. The van der Waals surface area contributed by atoms with Crippen molar-refractivity contribution in [3.05, 3.63) is 83.1 Å². The van der Waals surface area contributed by atoms with Crippen LogP contribution < -0.4 is 0 Å². The maximum absolute atomic E-state index is 12.9. The fourth-order valence-electron chi connectivity index (χ4n) is 6.18. The third-order valence-electron chi connectivity index (χ3n) is 9.18. The number of carbonyl (C=O) groups is 2. The van der Waals surface area contributed by atoms with Crippen molar-refractivity contribution < 1.29 is 44.6 Å². The molecule has 1 aliphatic rings. The second-order valence-corrected chi connectivity index (χ2v) is 15.1. The van der Waals surface area contributed by atoms with E-state index >= 15 is 0 Å². The Bertz CT molecular complexity index is 1300. The van der Waals surface area contributed by atoms with E-state index in [1.54, 1.807) is 26.0 Å². The first-order valence-corrected chi connectivity index (χ1v) is 18.9. The molecule has 0 aromatic carbocycles. The molecule has 1 rings (SSSR count). The van der Waals surface area contributed by atoms with Crippen LogP contribution in [0.1, 0.15) is 114 Å². The molecule has 52 heavy (non-hydrogen) atoms. The van der Waals surface area contributed by atoms with E-state index in [0.29, 0.717) is 25.7 Å². The number of hydrogen-bond donors (Lipinski definition) is 5. The minimum Gasteiger partial charge on any atom is -0.462 e. The van der Waals surface area contributed by atoms with Crippen molar-refractivity contribution in [3.63, 3.8) is 0 Å². The molecular weight excluding hydrogens is 660 g/mol. The van der Waals surface area contributed by atoms with Gasteiger partial charge >= 0.3 is 11.9 Å². The highest BCUT2D eigenvalue weighted by molar-refractivity contribution is 5.82. The number of ether oxygens (including phenoxy) is 2. The molecule has 10 atom stereocenters. The Morgan fingerprint density at radius 2 is 1.50 bits per heavy atom. The number of esters is 2. The SMILES string of the molecule is CC(=CC=CC(C)=CC(O)C(O)CC(C)O)C=C(C)C=CC(=O)OC1CCCC(=O)OC(C(C)CC(C)=CC(C)C(O)CC(C)O)CC=CCC1C. The standard InChI is InChI=1S/C43H68O9/c1-28(14-12-15-29(2)25-38(47)39(48)27-36(9)45)22-30(3)20-21-43(50)51-40-18-13-19-42(49)52-41(17-11-10-16-32(40)5)34(7)24-31(4)23-33(6)37(46)26-35(8)44/h10-12,14-15,20-23,25,32-41,44-48H,13,16-19,24,26-27H2,1-9H3. The van der Waals surface area contributed by atoms with Crippen LogP contribution in [-0.4, -0.2) is 80.2 Å². The van der Waals surface area contributed by atoms with Crippen molar-refractivity contribution in [1.29, 1.82) is 0 Å². The van der Waals surface area contributed by atoms with Gasteiger partial charge in [-0.2, -0.15) is 0 Å². The van der Waals surface area contributed by atoms with Crippen LogP contribution >= 0.6 is 0 Å². The molecule has 5 N–H and O–H groups in total. The Labute approximate surface area is 313 Å². The summed E-state index contributed by atoms with van der Waals surface area (Å²) in [6.45, 7) is 17.0. The third-order valence-corrected chi connectivity index (χ3v) is 9.18. The number of hydrogen-bond acceptors (Lipinski definition) is 9. The monoisotopic (exact) mass is 728 g/mol. The molecular formula is C43H68O9. The van der Waals surface area contributed by atoms with E-state index in [0.717, 1.165) is 35.1 Å². The fourth-order valence-corrected chi connectivity index (χ4v) is 6.18. The first kappa shape index (κ1) is 46.9. The number of rotatable bonds is 17. The second kappa shape index (κ2) is 25.0. The molecule has 0 saturated heterocycles. The van der Waals surface area contributed by atoms with Crippen molar-refractivity contribution in [2.24, 2.45) is 17.8 Å². The molecule has 0 aliphatic carbocycles. The smallest absolute Gasteiger partial charge is 0.331 e. The average molecular weight is 729 g/mol. The molecule has 0 radical (unpaired) electrons. The Morgan fingerprint density at radius 3 is 2.15 bits per heavy atom. The molecule has 0 fully saturated rings. The van der Waals surface area contributed by atoms with Crippen LogP contribution in [0, 0.1) is 17.8 Å². The summed E-state index contributed by atoms with van der Waals surface area (Å²) in [5.74, 6) is -0.652. The van der Waals surface area contributed by atoms with Gasteiger partial charge in [0.2, 0.25) is 0 Å². The largest absolute Gasteiger partial charge is 0.462 e. The Kier molecular flexibility index (Phi) is 22.6. The predicted octanol–water partition coefficient (Wildman–Crippen LogP) is 7.15. The van der Waals surface area contributed by atoms with Gasteiger partial charge < -0.3 is 35.0 Å². The molecule has 0 aromatic rings. The number of aliphatic hydroxyl groups is 5. The first-order valence-electron chi connectivity index (χ1n) is 18.9. The second-order valence-electron chi connectivity index (χ2n) is 15.1. The summed E-state index contributed by atoms with van der Waals surface area (Å²) in [5, 5.41) is 49.4. The van der Waals surface area contributed by atoms with Crippen LogP contribution in [-0.2, 0) is 19.1 Å². The van der Waals surface area contributed by atoms with Crippen molar-refractivity contribution in [1.82, 2.24) is 0 Å². The van der Waals surface area contributed by atoms with Gasteiger partial charge in [-0.05, 0) is 85.5 Å². The summed E-state index contributed by atoms with van der Waals surface area (Å²) in [7, 11) is 0. The number of cyclic esters (lactones) is 1. The highest BCUT2D eigenvalue weighted by Crippen LogP contribution is 2.26. The molecule has 0 bridgehead atoms. The lowest BCUT2D eigenvalue weighted by Gasteiger charge is -2.26. The third kappa shape index (κ3) is 20.8. The van der Waals surface area contributed by atoms with Crippen molar-refractivity contribution in [2.45, 2.75) is 156 Å². The lowest BCUT2D eigenvalue weighted by molar-refractivity contribution is -0.151. The Morgan fingerprint density at radius 1 is 0.865 bits per heavy atom. The minimum absolute atomic E-state index is 0.0633. The topological polar surface area (TPSA) is 154 Å². The minimum atomic E-state index is -1.07. The van der Waals surface area contributed by atoms with Gasteiger partial charge in [-0.3, -0.25) is 4.79 Å². The van der Waals surface area contributed by atoms with Crippen LogP contribution in [0.4, 0.5) is 0 Å². The summed E-state index contributed by atoms with van der Waals surface area (Å²) in [4.78, 5) is 25.7. The van der Waals surface area contributed by atoms with E-state index in [4.69, 9.17) is 9.47 Å². The highest BCUT2D eigenvalue weighted by Gasteiger charge is 2.25. The van der Waals surface area contributed by atoms with Gasteiger partial charge in [0.25, 0.3) is 0 Å². The molecule has 0 aromatic heterocycles. The quantitative estimate of drug-likeness (QED) is 0.0455. The molecule has 1 heterocycles. The average Bonchev–Trinajstić information content (AvgIpc) is 3.03. The maximum Gasteiger partial charge on any atom is 0.331 e. The van der Waals surface area contributed by atoms with Crippen LogP contribution in [0.15, 0.2) is 83.1 Å². The lowest BCUT2D eigenvalue weighted by atomic mass is 9.90. The molecule has 10 unspecified atom stereocenters. The van der Waals surface area contributed by atoms with E-state index in [-0.39, 0.29) is 48.8 Å². The predicted molar refractivity (Wildman–Crippen MR) is 208 cm³/mol. The molecule has 294 valence electrons. The van der Waals surface area contributed by atoms with E-state index in [1.165, 1.54) is 6.08 Å². The summed E-state index contributed by atoms with van der Waals surface area (Å²) < 4.78 is 11.8. The summed E-state index contributed by atoms with van der Waals surface area (Å²) in [5.41, 5.74) is 3.68. The van der Waals surface area contributed by atoms with Gasteiger partial charge in [0, 0.05) is 31.3 Å². The first-order chi connectivity index (χ1) is 24.4. The summed E-state index contributed by atoms with van der Waals surface area (Å²) >= 11 is 0.